The molecular weight excluding hydrogens is 258 g/mol. The van der Waals surface area contributed by atoms with Crippen molar-refractivity contribution in [2.45, 2.75) is 26.3 Å². The van der Waals surface area contributed by atoms with Gasteiger partial charge in [-0.25, -0.2) is 0 Å². The molecule has 6 nitrogen and oxygen atoms in total. The van der Waals surface area contributed by atoms with Gasteiger partial charge >= 0.3 is 5.97 Å². The van der Waals surface area contributed by atoms with Gasteiger partial charge in [0.1, 0.15) is 11.6 Å². The monoisotopic (exact) mass is 273 g/mol. The number of hydrogen-bond acceptors (Lipinski definition) is 4. The van der Waals surface area contributed by atoms with Crippen molar-refractivity contribution >= 4 is 5.97 Å². The molecule has 1 atom stereocenters. The summed E-state index contributed by atoms with van der Waals surface area (Å²) in [5.41, 5.74) is 1.75. The van der Waals surface area contributed by atoms with Crippen LogP contribution in [0.25, 0.3) is 11.4 Å². The van der Waals surface area contributed by atoms with Crippen molar-refractivity contribution in [1.82, 2.24) is 14.8 Å². The first-order valence-electron chi connectivity index (χ1n) is 6.51. The second-order valence-electron chi connectivity index (χ2n) is 5.12. The fourth-order valence-electron chi connectivity index (χ4n) is 2.63. The molecular formula is C14H15N3O3. The number of aryl methyl sites for hydroxylation is 2. The molecule has 0 spiro atoms. The number of carbonyl (C=O) groups is 1. The summed E-state index contributed by atoms with van der Waals surface area (Å²) in [6.07, 6.45) is 1.23. The summed E-state index contributed by atoms with van der Waals surface area (Å²) in [5.74, 6) is 0.522. The molecule has 0 fully saturated rings. The summed E-state index contributed by atoms with van der Waals surface area (Å²) < 4.78 is 1.88. The minimum absolute atomic E-state index is 0.202. The van der Waals surface area contributed by atoms with Gasteiger partial charge in [0.05, 0.1) is 5.92 Å². The Morgan fingerprint density at radius 2 is 2.20 bits per heavy atom. The number of aromatic nitrogens is 3. The molecule has 1 aliphatic heterocycles. The first-order chi connectivity index (χ1) is 9.56. The molecule has 2 aromatic rings. The zero-order valence-electron chi connectivity index (χ0n) is 11.1. The lowest BCUT2D eigenvalue weighted by atomic mass is 9.99. The van der Waals surface area contributed by atoms with Crippen molar-refractivity contribution in [2.75, 3.05) is 0 Å². The van der Waals surface area contributed by atoms with Crippen LogP contribution in [0.2, 0.25) is 0 Å². The summed E-state index contributed by atoms with van der Waals surface area (Å²) in [5, 5.41) is 27.0. The summed E-state index contributed by atoms with van der Waals surface area (Å²) in [4.78, 5) is 11.2. The van der Waals surface area contributed by atoms with Crippen molar-refractivity contribution in [3.63, 3.8) is 0 Å². The number of phenols is 1. The Balaban J connectivity index is 2.04. The third-order valence-corrected chi connectivity index (χ3v) is 3.75. The minimum atomic E-state index is -0.780. The zero-order chi connectivity index (χ0) is 14.3. The van der Waals surface area contributed by atoms with E-state index in [-0.39, 0.29) is 5.75 Å². The lowest BCUT2D eigenvalue weighted by Gasteiger charge is -2.21. The fraction of sp³-hybridized carbons (Fsp3) is 0.357. The Morgan fingerprint density at radius 3 is 2.90 bits per heavy atom. The van der Waals surface area contributed by atoms with E-state index in [0.717, 1.165) is 17.0 Å². The number of aliphatic carboxylic acids is 1. The van der Waals surface area contributed by atoms with Gasteiger partial charge in [0.25, 0.3) is 0 Å². The van der Waals surface area contributed by atoms with E-state index < -0.39 is 11.9 Å². The molecule has 1 unspecified atom stereocenters. The van der Waals surface area contributed by atoms with Gasteiger partial charge in [-0.15, -0.1) is 10.2 Å². The average molecular weight is 273 g/mol. The normalized spacial score (nSPS) is 17.8. The van der Waals surface area contributed by atoms with Gasteiger partial charge in [0, 0.05) is 18.5 Å². The first kappa shape index (κ1) is 12.7. The number of carboxylic acid groups (broad SMARTS) is 1. The SMILES string of the molecule is Cc1cc(O)ccc1-c1nnc2n1CC(C(=O)O)CC2. The lowest BCUT2D eigenvalue weighted by molar-refractivity contribution is -0.142. The number of rotatable bonds is 2. The maximum atomic E-state index is 11.2. The van der Waals surface area contributed by atoms with Crippen molar-refractivity contribution in [3.05, 3.63) is 29.6 Å². The van der Waals surface area contributed by atoms with Gasteiger partial charge in [-0.2, -0.15) is 0 Å². The summed E-state index contributed by atoms with van der Waals surface area (Å²) in [6.45, 7) is 2.28. The second kappa shape index (κ2) is 4.63. The van der Waals surface area contributed by atoms with Crippen LogP contribution in [0.5, 0.6) is 5.75 Å². The van der Waals surface area contributed by atoms with Crippen LogP contribution in [0, 0.1) is 12.8 Å². The van der Waals surface area contributed by atoms with Gasteiger partial charge < -0.3 is 14.8 Å². The third kappa shape index (κ3) is 2.03. The minimum Gasteiger partial charge on any atom is -0.508 e. The van der Waals surface area contributed by atoms with Crippen molar-refractivity contribution < 1.29 is 15.0 Å². The van der Waals surface area contributed by atoms with E-state index >= 15 is 0 Å². The molecule has 1 aromatic carbocycles. The molecule has 104 valence electrons. The largest absolute Gasteiger partial charge is 0.508 e. The Kier molecular flexibility index (Phi) is 2.93. The van der Waals surface area contributed by atoms with E-state index in [9.17, 15) is 9.90 Å². The van der Waals surface area contributed by atoms with Gasteiger partial charge in [0.15, 0.2) is 5.82 Å². The smallest absolute Gasteiger partial charge is 0.308 e. The Labute approximate surface area is 115 Å². The second-order valence-corrected chi connectivity index (χ2v) is 5.12. The maximum Gasteiger partial charge on any atom is 0.308 e. The van der Waals surface area contributed by atoms with Gasteiger partial charge in [0.2, 0.25) is 0 Å². The summed E-state index contributed by atoms with van der Waals surface area (Å²) >= 11 is 0. The van der Waals surface area contributed by atoms with Crippen LogP contribution in [0.3, 0.4) is 0 Å². The number of nitrogens with zero attached hydrogens (tertiary/aromatic N) is 3. The predicted molar refractivity (Wildman–Crippen MR) is 71.3 cm³/mol. The third-order valence-electron chi connectivity index (χ3n) is 3.75. The average Bonchev–Trinajstić information content (AvgIpc) is 2.81. The van der Waals surface area contributed by atoms with Crippen LogP contribution >= 0.6 is 0 Å². The Bertz CT molecular complexity index is 678. The van der Waals surface area contributed by atoms with Crippen molar-refractivity contribution in [2.24, 2.45) is 5.92 Å². The quantitative estimate of drug-likeness (QED) is 0.867. The summed E-state index contributed by atoms with van der Waals surface area (Å²) in [6, 6.07) is 5.04. The first-order valence-corrected chi connectivity index (χ1v) is 6.51. The van der Waals surface area contributed by atoms with Crippen molar-refractivity contribution in [1.29, 1.82) is 0 Å². The molecule has 0 saturated heterocycles. The van der Waals surface area contributed by atoms with Crippen LogP contribution in [-0.2, 0) is 17.8 Å². The predicted octanol–water partition coefficient (Wildman–Crippen LogP) is 1.61. The molecule has 0 amide bonds. The highest BCUT2D eigenvalue weighted by molar-refractivity contribution is 5.70. The number of benzene rings is 1. The molecule has 0 saturated carbocycles. The van der Waals surface area contributed by atoms with E-state index in [2.05, 4.69) is 10.2 Å². The van der Waals surface area contributed by atoms with E-state index in [1.165, 1.54) is 0 Å². The molecule has 6 heteroatoms. The molecule has 2 N–H and O–H groups in total. The van der Waals surface area contributed by atoms with Gasteiger partial charge in [-0.3, -0.25) is 4.79 Å². The highest BCUT2D eigenvalue weighted by atomic mass is 16.4. The standard InChI is InChI=1S/C14H15N3O3/c1-8-6-10(18)3-4-11(8)13-16-15-12-5-2-9(14(19)20)7-17(12)13/h3-4,6,9,18H,2,5,7H2,1H3,(H,19,20). The number of hydrogen-bond donors (Lipinski definition) is 2. The molecule has 0 aliphatic carbocycles. The van der Waals surface area contributed by atoms with Crippen LogP contribution in [-0.4, -0.2) is 30.9 Å². The number of phenolic OH excluding ortho intramolecular Hbond substituents is 1. The number of fused-ring (bicyclic) bond motifs is 1. The number of aromatic hydroxyl groups is 1. The van der Waals surface area contributed by atoms with Crippen LogP contribution in [0.4, 0.5) is 0 Å². The Hall–Kier alpha value is -2.37. The number of carboxylic acids is 1. The van der Waals surface area contributed by atoms with Gasteiger partial charge in [-0.1, -0.05) is 0 Å². The molecule has 0 bridgehead atoms. The fourth-order valence-corrected chi connectivity index (χ4v) is 2.63. The highest BCUT2D eigenvalue weighted by Crippen LogP contribution is 2.29. The molecule has 0 radical (unpaired) electrons. The zero-order valence-corrected chi connectivity index (χ0v) is 11.1. The maximum absolute atomic E-state index is 11.2. The van der Waals surface area contributed by atoms with Crippen molar-refractivity contribution in [3.8, 4) is 17.1 Å². The molecule has 2 heterocycles. The van der Waals surface area contributed by atoms with E-state index in [4.69, 9.17) is 5.11 Å². The Morgan fingerprint density at radius 1 is 1.40 bits per heavy atom. The topological polar surface area (TPSA) is 88.2 Å². The van der Waals surface area contributed by atoms with Crippen LogP contribution < -0.4 is 0 Å². The molecule has 20 heavy (non-hydrogen) atoms. The van der Waals surface area contributed by atoms with E-state index in [1.807, 2.05) is 11.5 Å². The van der Waals surface area contributed by atoms with Crippen LogP contribution in [0.1, 0.15) is 17.8 Å². The molecule has 3 rings (SSSR count). The molecule has 1 aliphatic rings. The van der Waals surface area contributed by atoms with E-state index in [1.54, 1.807) is 18.2 Å². The molecule has 1 aromatic heterocycles. The summed E-state index contributed by atoms with van der Waals surface area (Å²) in [7, 11) is 0. The van der Waals surface area contributed by atoms with E-state index in [0.29, 0.717) is 25.2 Å². The van der Waals surface area contributed by atoms with Gasteiger partial charge in [-0.05, 0) is 37.1 Å². The highest BCUT2D eigenvalue weighted by Gasteiger charge is 2.28. The van der Waals surface area contributed by atoms with Crippen LogP contribution in [0.15, 0.2) is 18.2 Å². The lowest BCUT2D eigenvalue weighted by Crippen LogP contribution is -2.27.